The summed E-state index contributed by atoms with van der Waals surface area (Å²) in [5, 5.41) is 15.1. The Labute approximate surface area is 116 Å². The SMILES string of the molecule is CNC(Cc1cn(C)nn1)c1csc2ccccc12. The Bertz CT molecular complexity index is 685. The lowest BCUT2D eigenvalue weighted by molar-refractivity contribution is 0.589. The van der Waals surface area contributed by atoms with Gasteiger partial charge in [0.1, 0.15) is 0 Å². The van der Waals surface area contributed by atoms with Crippen molar-refractivity contribution in [2.24, 2.45) is 7.05 Å². The number of thiophene rings is 1. The summed E-state index contributed by atoms with van der Waals surface area (Å²) in [7, 11) is 3.89. The average molecular weight is 272 g/mol. The van der Waals surface area contributed by atoms with Gasteiger partial charge in [0, 0.05) is 30.4 Å². The van der Waals surface area contributed by atoms with Gasteiger partial charge in [-0.2, -0.15) is 0 Å². The van der Waals surface area contributed by atoms with Crippen molar-refractivity contribution >= 4 is 21.4 Å². The molecule has 2 heterocycles. The van der Waals surface area contributed by atoms with Crippen LogP contribution in [0.15, 0.2) is 35.8 Å². The molecule has 19 heavy (non-hydrogen) atoms. The third-order valence-electron chi connectivity index (χ3n) is 3.30. The summed E-state index contributed by atoms with van der Waals surface area (Å²) in [6.45, 7) is 0. The number of nitrogens with zero attached hydrogens (tertiary/aromatic N) is 3. The minimum Gasteiger partial charge on any atom is -0.313 e. The fraction of sp³-hybridized carbons (Fsp3) is 0.286. The summed E-state index contributed by atoms with van der Waals surface area (Å²) < 4.78 is 3.07. The van der Waals surface area contributed by atoms with Crippen LogP contribution in [-0.4, -0.2) is 22.0 Å². The maximum Gasteiger partial charge on any atom is 0.0845 e. The van der Waals surface area contributed by atoms with Crippen LogP contribution in [0.1, 0.15) is 17.3 Å². The molecule has 5 heteroatoms. The van der Waals surface area contributed by atoms with E-state index in [1.165, 1.54) is 15.6 Å². The first-order valence-corrected chi connectivity index (χ1v) is 7.14. The summed E-state index contributed by atoms with van der Waals surface area (Å²) in [5.41, 5.74) is 2.35. The zero-order chi connectivity index (χ0) is 13.2. The van der Waals surface area contributed by atoms with E-state index in [0.717, 1.165) is 12.1 Å². The third-order valence-corrected chi connectivity index (χ3v) is 4.28. The standard InChI is InChI=1S/C14H16N4S/c1-15-13(7-10-8-18(2)17-16-10)12-9-19-14-6-4-3-5-11(12)14/h3-6,8-9,13,15H,7H2,1-2H3. The maximum absolute atomic E-state index is 4.17. The van der Waals surface area contributed by atoms with Gasteiger partial charge in [-0.25, -0.2) is 0 Å². The lowest BCUT2D eigenvalue weighted by Gasteiger charge is -2.14. The van der Waals surface area contributed by atoms with Crippen molar-refractivity contribution < 1.29 is 0 Å². The normalized spacial score (nSPS) is 12.9. The number of aryl methyl sites for hydroxylation is 1. The second kappa shape index (κ2) is 5.11. The Balaban J connectivity index is 1.93. The number of nitrogens with one attached hydrogen (secondary N) is 1. The lowest BCUT2D eigenvalue weighted by Crippen LogP contribution is -2.18. The van der Waals surface area contributed by atoms with Crippen LogP contribution >= 0.6 is 11.3 Å². The number of hydrogen-bond donors (Lipinski definition) is 1. The topological polar surface area (TPSA) is 42.7 Å². The van der Waals surface area contributed by atoms with Gasteiger partial charge >= 0.3 is 0 Å². The molecule has 98 valence electrons. The van der Waals surface area contributed by atoms with Gasteiger partial charge in [0.15, 0.2) is 0 Å². The predicted octanol–water partition coefficient (Wildman–Crippen LogP) is 2.53. The number of rotatable bonds is 4. The minimum absolute atomic E-state index is 0.271. The number of likely N-dealkylation sites (N-methyl/N-ethyl adjacent to an activating group) is 1. The molecule has 0 saturated carbocycles. The monoisotopic (exact) mass is 272 g/mol. The van der Waals surface area contributed by atoms with E-state index in [9.17, 15) is 0 Å². The summed E-state index contributed by atoms with van der Waals surface area (Å²) in [6, 6.07) is 8.79. The van der Waals surface area contributed by atoms with Gasteiger partial charge in [0.2, 0.25) is 0 Å². The van der Waals surface area contributed by atoms with Gasteiger partial charge in [-0.05, 0) is 29.4 Å². The van der Waals surface area contributed by atoms with Crippen molar-refractivity contribution in [2.45, 2.75) is 12.5 Å². The molecule has 0 spiro atoms. The largest absolute Gasteiger partial charge is 0.313 e. The highest BCUT2D eigenvalue weighted by Crippen LogP contribution is 2.31. The van der Waals surface area contributed by atoms with Crippen LogP contribution in [0.25, 0.3) is 10.1 Å². The lowest BCUT2D eigenvalue weighted by atomic mass is 10.0. The molecule has 0 saturated heterocycles. The summed E-state index contributed by atoms with van der Waals surface area (Å²) in [5.74, 6) is 0. The molecule has 1 atom stereocenters. The van der Waals surface area contributed by atoms with E-state index < -0.39 is 0 Å². The van der Waals surface area contributed by atoms with Gasteiger partial charge in [0.25, 0.3) is 0 Å². The Morgan fingerprint density at radius 1 is 1.37 bits per heavy atom. The number of benzene rings is 1. The smallest absolute Gasteiger partial charge is 0.0845 e. The number of aromatic nitrogens is 3. The van der Waals surface area contributed by atoms with Crippen LogP contribution in [0.4, 0.5) is 0 Å². The second-order valence-electron chi connectivity index (χ2n) is 4.62. The van der Waals surface area contributed by atoms with E-state index in [-0.39, 0.29) is 6.04 Å². The fourth-order valence-electron chi connectivity index (χ4n) is 2.33. The van der Waals surface area contributed by atoms with Crippen molar-refractivity contribution in [3.8, 4) is 0 Å². The predicted molar refractivity (Wildman–Crippen MR) is 78.3 cm³/mol. The van der Waals surface area contributed by atoms with Crippen LogP contribution < -0.4 is 5.32 Å². The first-order chi connectivity index (χ1) is 9.28. The molecule has 2 aromatic heterocycles. The van der Waals surface area contributed by atoms with Crippen LogP contribution in [0, 0.1) is 0 Å². The summed E-state index contributed by atoms with van der Waals surface area (Å²) in [6.07, 6.45) is 2.82. The molecule has 1 unspecified atom stereocenters. The first kappa shape index (κ1) is 12.3. The second-order valence-corrected chi connectivity index (χ2v) is 5.53. The fourth-order valence-corrected chi connectivity index (χ4v) is 3.35. The molecule has 0 aliphatic rings. The molecule has 0 aliphatic heterocycles. The molecule has 0 amide bonds. The summed E-state index contributed by atoms with van der Waals surface area (Å²) >= 11 is 1.79. The summed E-state index contributed by atoms with van der Waals surface area (Å²) in [4.78, 5) is 0. The zero-order valence-electron chi connectivity index (χ0n) is 11.0. The van der Waals surface area contributed by atoms with Crippen LogP contribution in [0.3, 0.4) is 0 Å². The molecular formula is C14H16N4S. The van der Waals surface area contributed by atoms with Crippen molar-refractivity contribution in [1.82, 2.24) is 20.3 Å². The van der Waals surface area contributed by atoms with E-state index in [4.69, 9.17) is 0 Å². The van der Waals surface area contributed by atoms with E-state index in [1.807, 2.05) is 20.3 Å². The van der Waals surface area contributed by atoms with Crippen molar-refractivity contribution in [3.63, 3.8) is 0 Å². The third kappa shape index (κ3) is 2.39. The molecule has 3 aromatic rings. The van der Waals surface area contributed by atoms with E-state index in [1.54, 1.807) is 16.0 Å². The molecule has 1 aromatic carbocycles. The minimum atomic E-state index is 0.271. The van der Waals surface area contributed by atoms with Gasteiger partial charge in [-0.1, -0.05) is 23.4 Å². The molecular weight excluding hydrogens is 256 g/mol. The molecule has 0 fully saturated rings. The van der Waals surface area contributed by atoms with E-state index in [0.29, 0.717) is 0 Å². The quantitative estimate of drug-likeness (QED) is 0.793. The Morgan fingerprint density at radius 3 is 2.95 bits per heavy atom. The van der Waals surface area contributed by atoms with E-state index >= 15 is 0 Å². The van der Waals surface area contributed by atoms with Crippen molar-refractivity contribution in [3.05, 3.63) is 47.1 Å². The highest BCUT2D eigenvalue weighted by molar-refractivity contribution is 7.17. The Kier molecular flexibility index (Phi) is 3.31. The van der Waals surface area contributed by atoms with Gasteiger partial charge in [-0.15, -0.1) is 16.4 Å². The molecule has 3 rings (SSSR count). The maximum atomic E-state index is 4.17. The van der Waals surface area contributed by atoms with Crippen molar-refractivity contribution in [2.75, 3.05) is 7.05 Å². The molecule has 0 radical (unpaired) electrons. The highest BCUT2D eigenvalue weighted by Gasteiger charge is 2.16. The number of hydrogen-bond acceptors (Lipinski definition) is 4. The van der Waals surface area contributed by atoms with Crippen LogP contribution in [-0.2, 0) is 13.5 Å². The Morgan fingerprint density at radius 2 is 2.21 bits per heavy atom. The van der Waals surface area contributed by atoms with Gasteiger partial charge in [-0.3, -0.25) is 4.68 Å². The molecule has 1 N–H and O–H groups in total. The number of fused-ring (bicyclic) bond motifs is 1. The van der Waals surface area contributed by atoms with Crippen LogP contribution in [0.2, 0.25) is 0 Å². The molecule has 0 bridgehead atoms. The molecule has 0 aliphatic carbocycles. The zero-order valence-corrected chi connectivity index (χ0v) is 11.8. The van der Waals surface area contributed by atoms with E-state index in [2.05, 4.69) is 45.3 Å². The van der Waals surface area contributed by atoms with Gasteiger partial charge in [0.05, 0.1) is 5.69 Å². The highest BCUT2D eigenvalue weighted by atomic mass is 32.1. The van der Waals surface area contributed by atoms with Crippen molar-refractivity contribution in [1.29, 1.82) is 0 Å². The first-order valence-electron chi connectivity index (χ1n) is 6.26. The van der Waals surface area contributed by atoms with Gasteiger partial charge < -0.3 is 5.32 Å². The molecule has 4 nitrogen and oxygen atoms in total. The van der Waals surface area contributed by atoms with Crippen LogP contribution in [0.5, 0.6) is 0 Å². The Hall–Kier alpha value is -1.72. The average Bonchev–Trinajstić information content (AvgIpc) is 3.02.